The van der Waals surface area contributed by atoms with Crippen molar-refractivity contribution in [3.05, 3.63) is 28.3 Å². The van der Waals surface area contributed by atoms with Gasteiger partial charge in [-0.05, 0) is 37.1 Å². The minimum atomic E-state index is -4.48. The molecule has 0 radical (unpaired) electrons. The van der Waals surface area contributed by atoms with E-state index >= 15 is 0 Å². The van der Waals surface area contributed by atoms with E-state index in [0.29, 0.717) is 24.9 Å². The summed E-state index contributed by atoms with van der Waals surface area (Å²) in [4.78, 5) is 0. The van der Waals surface area contributed by atoms with E-state index in [9.17, 15) is 13.2 Å². The number of hydrogen-bond acceptors (Lipinski definition) is 2. The number of aryl methyl sites for hydroxylation is 1. The van der Waals surface area contributed by atoms with Crippen LogP contribution in [0.25, 0.3) is 0 Å². The SMILES string of the molecule is COc1c(Cl)cc(CCCN)cc1C(F)(F)F. The molecule has 2 nitrogen and oxygen atoms in total. The van der Waals surface area contributed by atoms with E-state index in [1.165, 1.54) is 6.07 Å². The minimum Gasteiger partial charge on any atom is -0.495 e. The molecule has 0 spiro atoms. The maximum Gasteiger partial charge on any atom is 0.420 e. The fourth-order valence-corrected chi connectivity index (χ4v) is 1.84. The van der Waals surface area contributed by atoms with Crippen molar-refractivity contribution in [2.45, 2.75) is 19.0 Å². The van der Waals surface area contributed by atoms with E-state index in [1.54, 1.807) is 0 Å². The van der Waals surface area contributed by atoms with Crippen LogP contribution in [0.5, 0.6) is 5.75 Å². The summed E-state index contributed by atoms with van der Waals surface area (Å²) in [7, 11) is 1.16. The van der Waals surface area contributed by atoms with Crippen LogP contribution in [-0.4, -0.2) is 13.7 Å². The number of ether oxygens (including phenoxy) is 1. The van der Waals surface area contributed by atoms with Crippen molar-refractivity contribution in [1.29, 1.82) is 0 Å². The van der Waals surface area contributed by atoms with Crippen molar-refractivity contribution >= 4 is 11.6 Å². The van der Waals surface area contributed by atoms with Gasteiger partial charge in [-0.2, -0.15) is 13.2 Å². The van der Waals surface area contributed by atoms with E-state index in [-0.39, 0.29) is 10.8 Å². The maximum absolute atomic E-state index is 12.8. The Balaban J connectivity index is 3.19. The van der Waals surface area contributed by atoms with Crippen molar-refractivity contribution in [3.8, 4) is 5.75 Å². The van der Waals surface area contributed by atoms with Crippen molar-refractivity contribution in [2.75, 3.05) is 13.7 Å². The maximum atomic E-state index is 12.8. The molecule has 0 saturated heterocycles. The monoisotopic (exact) mass is 267 g/mol. The summed E-state index contributed by atoms with van der Waals surface area (Å²) in [6.45, 7) is 0.422. The lowest BCUT2D eigenvalue weighted by atomic mass is 10.0. The molecule has 0 saturated carbocycles. The smallest absolute Gasteiger partial charge is 0.420 e. The molecule has 17 heavy (non-hydrogen) atoms. The normalized spacial score (nSPS) is 11.6. The lowest BCUT2D eigenvalue weighted by Gasteiger charge is -2.15. The standard InChI is InChI=1S/C11H13ClF3NO/c1-17-10-8(11(13,14)15)5-7(3-2-4-16)6-9(10)12/h5-6H,2-4,16H2,1H3. The number of alkyl halides is 3. The second-order valence-electron chi connectivity index (χ2n) is 3.55. The molecule has 0 atom stereocenters. The van der Waals surface area contributed by atoms with Crippen molar-refractivity contribution < 1.29 is 17.9 Å². The third-order valence-electron chi connectivity index (χ3n) is 2.28. The molecule has 2 N–H and O–H groups in total. The zero-order chi connectivity index (χ0) is 13.1. The molecule has 1 aromatic carbocycles. The molecule has 6 heteroatoms. The van der Waals surface area contributed by atoms with E-state index in [0.717, 1.165) is 13.2 Å². The fraction of sp³-hybridized carbons (Fsp3) is 0.455. The van der Waals surface area contributed by atoms with Crippen LogP contribution >= 0.6 is 11.6 Å². The number of rotatable bonds is 4. The quantitative estimate of drug-likeness (QED) is 0.909. The second kappa shape index (κ2) is 5.60. The van der Waals surface area contributed by atoms with Crippen LogP contribution in [0.3, 0.4) is 0 Å². The van der Waals surface area contributed by atoms with Gasteiger partial charge in [0.2, 0.25) is 0 Å². The first-order chi connectivity index (χ1) is 7.90. The highest BCUT2D eigenvalue weighted by atomic mass is 35.5. The predicted octanol–water partition coefficient (Wildman–Crippen LogP) is 3.26. The number of methoxy groups -OCH3 is 1. The number of hydrogen-bond donors (Lipinski definition) is 1. The Labute approximate surface area is 103 Å². The van der Waals surface area contributed by atoms with Crippen molar-refractivity contribution in [2.24, 2.45) is 5.73 Å². The Kier molecular flexibility index (Phi) is 4.65. The Hall–Kier alpha value is -0.940. The van der Waals surface area contributed by atoms with Crippen LogP contribution in [0.1, 0.15) is 17.5 Å². The van der Waals surface area contributed by atoms with Gasteiger partial charge in [-0.1, -0.05) is 11.6 Å². The average molecular weight is 268 g/mol. The van der Waals surface area contributed by atoms with Gasteiger partial charge in [0.05, 0.1) is 17.7 Å². The van der Waals surface area contributed by atoms with Crippen LogP contribution < -0.4 is 10.5 Å². The van der Waals surface area contributed by atoms with Crippen LogP contribution in [-0.2, 0) is 12.6 Å². The molecule has 0 aliphatic rings. The third-order valence-corrected chi connectivity index (χ3v) is 2.56. The van der Waals surface area contributed by atoms with Crippen molar-refractivity contribution in [1.82, 2.24) is 0 Å². The average Bonchev–Trinajstić information content (AvgIpc) is 2.24. The molecular formula is C11H13ClF3NO. The van der Waals surface area contributed by atoms with Crippen LogP contribution in [0.2, 0.25) is 5.02 Å². The van der Waals surface area contributed by atoms with Gasteiger partial charge in [-0.3, -0.25) is 0 Å². The molecule has 0 aliphatic carbocycles. The summed E-state index contributed by atoms with van der Waals surface area (Å²) in [6.07, 6.45) is -3.41. The first kappa shape index (κ1) is 14.1. The highest BCUT2D eigenvalue weighted by molar-refractivity contribution is 6.32. The van der Waals surface area contributed by atoms with Gasteiger partial charge < -0.3 is 10.5 Å². The third kappa shape index (κ3) is 3.51. The Morgan fingerprint density at radius 2 is 2.00 bits per heavy atom. The molecule has 96 valence electrons. The van der Waals surface area contributed by atoms with Crippen LogP contribution in [0.15, 0.2) is 12.1 Å². The summed E-state index contributed by atoms with van der Waals surface area (Å²) < 4.78 is 42.9. The van der Waals surface area contributed by atoms with Crippen LogP contribution in [0.4, 0.5) is 13.2 Å². The zero-order valence-electron chi connectivity index (χ0n) is 9.27. The molecule has 0 unspecified atom stereocenters. The Bertz CT molecular complexity index is 393. The molecule has 0 bridgehead atoms. The van der Waals surface area contributed by atoms with Gasteiger partial charge in [0.15, 0.2) is 0 Å². The highest BCUT2D eigenvalue weighted by Crippen LogP contribution is 2.41. The van der Waals surface area contributed by atoms with Gasteiger partial charge in [0.25, 0.3) is 0 Å². The van der Waals surface area contributed by atoms with Gasteiger partial charge in [-0.15, -0.1) is 0 Å². The Morgan fingerprint density at radius 3 is 2.47 bits per heavy atom. The largest absolute Gasteiger partial charge is 0.495 e. The van der Waals surface area contributed by atoms with E-state index in [4.69, 9.17) is 17.3 Å². The molecule has 0 aliphatic heterocycles. The first-order valence-corrected chi connectivity index (χ1v) is 5.41. The summed E-state index contributed by atoms with van der Waals surface area (Å²) >= 11 is 5.76. The minimum absolute atomic E-state index is 0.0330. The Morgan fingerprint density at radius 1 is 1.35 bits per heavy atom. The van der Waals surface area contributed by atoms with E-state index < -0.39 is 11.7 Å². The number of halogens is 4. The molecule has 0 heterocycles. The number of nitrogens with two attached hydrogens (primary N) is 1. The van der Waals surface area contributed by atoms with Crippen molar-refractivity contribution in [3.63, 3.8) is 0 Å². The van der Waals surface area contributed by atoms with Gasteiger partial charge in [-0.25, -0.2) is 0 Å². The zero-order valence-corrected chi connectivity index (χ0v) is 10.0. The predicted molar refractivity (Wildman–Crippen MR) is 60.4 cm³/mol. The van der Waals surface area contributed by atoms with E-state index in [1.807, 2.05) is 0 Å². The molecule has 1 rings (SSSR count). The summed E-state index contributed by atoms with van der Waals surface area (Å²) in [6, 6.07) is 2.53. The molecule has 0 fully saturated rings. The molecule has 0 amide bonds. The van der Waals surface area contributed by atoms with Gasteiger partial charge >= 0.3 is 6.18 Å². The van der Waals surface area contributed by atoms with E-state index in [2.05, 4.69) is 4.74 Å². The lowest BCUT2D eigenvalue weighted by molar-refractivity contribution is -0.138. The summed E-state index contributed by atoms with van der Waals surface area (Å²) in [5.41, 5.74) is 4.97. The van der Waals surface area contributed by atoms with Gasteiger partial charge in [0.1, 0.15) is 5.75 Å². The van der Waals surface area contributed by atoms with Gasteiger partial charge in [0, 0.05) is 0 Å². The topological polar surface area (TPSA) is 35.2 Å². The highest BCUT2D eigenvalue weighted by Gasteiger charge is 2.35. The first-order valence-electron chi connectivity index (χ1n) is 5.03. The number of benzene rings is 1. The lowest BCUT2D eigenvalue weighted by Crippen LogP contribution is -2.09. The summed E-state index contributed by atoms with van der Waals surface area (Å²) in [5.74, 6) is -0.337. The second-order valence-corrected chi connectivity index (χ2v) is 3.96. The molecule has 1 aromatic rings. The van der Waals surface area contributed by atoms with Crippen LogP contribution in [0, 0.1) is 0 Å². The molecule has 0 aromatic heterocycles. The fourth-order valence-electron chi connectivity index (χ4n) is 1.52. The molecular weight excluding hydrogens is 255 g/mol. The summed E-state index contributed by atoms with van der Waals surface area (Å²) in [5, 5.41) is -0.0330.